The maximum absolute atomic E-state index is 13.4. The minimum atomic E-state index is -0.153. The average Bonchev–Trinajstić information content (AvgIpc) is 2.81. The van der Waals surface area contributed by atoms with Crippen molar-refractivity contribution < 1.29 is 0 Å². The maximum atomic E-state index is 13.4. The van der Waals surface area contributed by atoms with Gasteiger partial charge in [0.25, 0.3) is 5.56 Å². The number of likely N-dealkylation sites (tertiary alicyclic amines) is 1. The van der Waals surface area contributed by atoms with Gasteiger partial charge in [-0.2, -0.15) is 0 Å². The molecule has 1 fully saturated rings. The number of nitrogens with two attached hydrogens (primary N) is 1. The summed E-state index contributed by atoms with van der Waals surface area (Å²) in [5.74, 6) is -0.129. The smallest absolute Gasteiger partial charge is 0.279 e. The van der Waals surface area contributed by atoms with E-state index in [1.807, 2.05) is 28.8 Å². The summed E-state index contributed by atoms with van der Waals surface area (Å²) in [5, 5.41) is 7.66. The summed E-state index contributed by atoms with van der Waals surface area (Å²) in [6.45, 7) is 6.46. The normalized spacial score (nSPS) is 19.1. The van der Waals surface area contributed by atoms with Crippen LogP contribution < -0.4 is 11.3 Å². The molecule has 3 N–H and O–H groups in total. The third-order valence-corrected chi connectivity index (χ3v) is 6.79. The van der Waals surface area contributed by atoms with E-state index in [9.17, 15) is 4.79 Å². The molecule has 1 aliphatic rings. The van der Waals surface area contributed by atoms with Gasteiger partial charge in [0.05, 0.1) is 16.7 Å². The Morgan fingerprint density at radius 3 is 2.48 bits per heavy atom. The number of nitrogens with zero attached hydrogens (tertiary/aromatic N) is 4. The van der Waals surface area contributed by atoms with Crippen LogP contribution in [0.2, 0.25) is 0 Å². The Labute approximate surface area is 195 Å². The summed E-state index contributed by atoms with van der Waals surface area (Å²) in [6, 6.07) is 14.2. The lowest BCUT2D eigenvalue weighted by atomic mass is 9.97. The molecule has 0 spiro atoms. The first-order valence-electron chi connectivity index (χ1n) is 12.0. The molecule has 0 saturated carbocycles. The highest BCUT2D eigenvalue weighted by molar-refractivity contribution is 5.93. The molecule has 0 bridgehead atoms. The number of nitrogens with one attached hydrogen (secondary N) is 1. The van der Waals surface area contributed by atoms with Crippen molar-refractivity contribution in [1.82, 2.24) is 19.4 Å². The number of hydrogen-bond acceptors (Lipinski definition) is 5. The summed E-state index contributed by atoms with van der Waals surface area (Å²) < 4.78 is 1.83. The van der Waals surface area contributed by atoms with Crippen LogP contribution in [0, 0.1) is 5.41 Å². The van der Waals surface area contributed by atoms with Crippen LogP contribution in [-0.4, -0.2) is 43.9 Å². The SMILES string of the molecule is C[C@@H]1CCC[C@H](C)N1CCCCCn1c(=O)c(-c2cccc(C(=N)N)n2)nc2ccccc21. The lowest BCUT2D eigenvalue weighted by Gasteiger charge is -2.39. The van der Waals surface area contributed by atoms with E-state index in [1.165, 1.54) is 19.3 Å². The first-order chi connectivity index (χ1) is 16.0. The Morgan fingerprint density at radius 2 is 1.73 bits per heavy atom. The Balaban J connectivity index is 1.52. The molecule has 3 aromatic rings. The van der Waals surface area contributed by atoms with Crippen molar-refractivity contribution in [1.29, 1.82) is 5.41 Å². The lowest BCUT2D eigenvalue weighted by molar-refractivity contribution is 0.101. The van der Waals surface area contributed by atoms with Gasteiger partial charge in [-0.15, -0.1) is 0 Å². The fourth-order valence-corrected chi connectivity index (χ4v) is 4.95. The van der Waals surface area contributed by atoms with Gasteiger partial charge in [-0.3, -0.25) is 15.1 Å². The number of hydrogen-bond donors (Lipinski definition) is 2. The van der Waals surface area contributed by atoms with Crippen molar-refractivity contribution in [2.45, 2.75) is 71.0 Å². The molecule has 3 heterocycles. The van der Waals surface area contributed by atoms with Gasteiger partial charge < -0.3 is 10.3 Å². The van der Waals surface area contributed by atoms with E-state index in [0.29, 0.717) is 35.7 Å². The van der Waals surface area contributed by atoms with E-state index >= 15 is 0 Å². The number of nitrogen functional groups attached to an aromatic ring is 1. The molecule has 1 aliphatic heterocycles. The van der Waals surface area contributed by atoms with Crippen LogP contribution in [0.1, 0.15) is 58.1 Å². The largest absolute Gasteiger partial charge is 0.382 e. The van der Waals surface area contributed by atoms with Gasteiger partial charge in [-0.1, -0.05) is 31.0 Å². The molecule has 7 nitrogen and oxygen atoms in total. The van der Waals surface area contributed by atoms with E-state index in [0.717, 1.165) is 36.8 Å². The topological polar surface area (TPSA) is 101 Å². The number of piperidine rings is 1. The molecule has 1 saturated heterocycles. The van der Waals surface area contributed by atoms with Gasteiger partial charge in [0.2, 0.25) is 0 Å². The molecule has 33 heavy (non-hydrogen) atoms. The summed E-state index contributed by atoms with van der Waals surface area (Å²) in [7, 11) is 0. The second kappa shape index (κ2) is 10.3. The van der Waals surface area contributed by atoms with Crippen molar-refractivity contribution in [3.05, 3.63) is 58.5 Å². The van der Waals surface area contributed by atoms with Gasteiger partial charge in [-0.25, -0.2) is 9.97 Å². The van der Waals surface area contributed by atoms with Gasteiger partial charge >= 0.3 is 0 Å². The molecule has 0 unspecified atom stereocenters. The fourth-order valence-electron chi connectivity index (χ4n) is 4.95. The fraction of sp³-hybridized carbons (Fsp3) is 0.462. The zero-order valence-electron chi connectivity index (χ0n) is 19.6. The van der Waals surface area contributed by atoms with Crippen LogP contribution in [0.15, 0.2) is 47.3 Å². The first kappa shape index (κ1) is 23.1. The Kier molecular flexibility index (Phi) is 7.18. The molecule has 2 atom stereocenters. The van der Waals surface area contributed by atoms with Crippen LogP contribution in [0.3, 0.4) is 0 Å². The van der Waals surface area contributed by atoms with Gasteiger partial charge in [0.1, 0.15) is 11.5 Å². The summed E-state index contributed by atoms with van der Waals surface area (Å²) in [6.07, 6.45) is 7.08. The molecule has 174 valence electrons. The van der Waals surface area contributed by atoms with Crippen LogP contribution in [0.5, 0.6) is 0 Å². The summed E-state index contributed by atoms with van der Waals surface area (Å²) >= 11 is 0. The second-order valence-corrected chi connectivity index (χ2v) is 9.16. The molecule has 1 aromatic carbocycles. The van der Waals surface area contributed by atoms with E-state index in [4.69, 9.17) is 11.1 Å². The number of fused-ring (bicyclic) bond motifs is 1. The second-order valence-electron chi connectivity index (χ2n) is 9.16. The van der Waals surface area contributed by atoms with Crippen molar-refractivity contribution in [3.63, 3.8) is 0 Å². The highest BCUT2D eigenvalue weighted by Crippen LogP contribution is 2.23. The monoisotopic (exact) mass is 446 g/mol. The number of benzene rings is 1. The van der Waals surface area contributed by atoms with E-state index < -0.39 is 0 Å². The molecule has 0 amide bonds. The third kappa shape index (κ3) is 5.14. The van der Waals surface area contributed by atoms with Crippen LogP contribution in [-0.2, 0) is 6.54 Å². The predicted molar refractivity (Wildman–Crippen MR) is 134 cm³/mol. The lowest BCUT2D eigenvalue weighted by Crippen LogP contribution is -2.44. The van der Waals surface area contributed by atoms with E-state index in [2.05, 4.69) is 28.7 Å². The minimum absolute atomic E-state index is 0.129. The third-order valence-electron chi connectivity index (χ3n) is 6.79. The highest BCUT2D eigenvalue weighted by Gasteiger charge is 2.23. The predicted octanol–water partition coefficient (Wildman–Crippen LogP) is 4.18. The zero-order chi connectivity index (χ0) is 23.4. The number of pyridine rings is 1. The molecule has 2 aromatic heterocycles. The molecular weight excluding hydrogens is 412 g/mol. The Hall–Kier alpha value is -3.06. The first-order valence-corrected chi connectivity index (χ1v) is 12.0. The quantitative estimate of drug-likeness (QED) is 0.307. The number of para-hydroxylation sites is 2. The van der Waals surface area contributed by atoms with Crippen molar-refractivity contribution in [2.24, 2.45) is 5.73 Å². The Bertz CT molecular complexity index is 1180. The molecule has 4 rings (SSSR count). The van der Waals surface area contributed by atoms with Gasteiger partial charge in [-0.05, 0) is 70.3 Å². The standard InChI is InChI=1S/C26H34N6O/c1-18-10-8-11-19(2)31(18)16-6-3-7-17-32-23-15-5-4-12-20(23)30-24(26(32)33)21-13-9-14-22(29-21)25(27)28/h4-5,9,12-15,18-19H,3,6-8,10-11,16-17H2,1-2H3,(H3,27,28)/t18-,19+. The number of rotatable bonds is 8. The average molecular weight is 447 g/mol. The zero-order valence-corrected chi connectivity index (χ0v) is 19.6. The van der Waals surface area contributed by atoms with Crippen LogP contribution >= 0.6 is 0 Å². The number of unbranched alkanes of at least 4 members (excludes halogenated alkanes) is 2. The van der Waals surface area contributed by atoms with Crippen molar-refractivity contribution in [2.75, 3.05) is 6.54 Å². The summed E-state index contributed by atoms with van der Waals surface area (Å²) in [4.78, 5) is 25.1. The van der Waals surface area contributed by atoms with Crippen molar-refractivity contribution in [3.8, 4) is 11.4 Å². The maximum Gasteiger partial charge on any atom is 0.279 e. The molecule has 0 radical (unpaired) electrons. The number of aromatic nitrogens is 3. The van der Waals surface area contributed by atoms with Crippen LogP contribution in [0.25, 0.3) is 22.4 Å². The Morgan fingerprint density at radius 1 is 1.00 bits per heavy atom. The minimum Gasteiger partial charge on any atom is -0.382 e. The number of amidine groups is 1. The van der Waals surface area contributed by atoms with E-state index in [-0.39, 0.29) is 11.4 Å². The summed E-state index contributed by atoms with van der Waals surface area (Å²) in [5.41, 5.74) is 8.13. The molecule has 0 aliphatic carbocycles. The van der Waals surface area contributed by atoms with Crippen LogP contribution in [0.4, 0.5) is 0 Å². The van der Waals surface area contributed by atoms with Gasteiger partial charge in [0.15, 0.2) is 5.69 Å². The van der Waals surface area contributed by atoms with Gasteiger partial charge in [0, 0.05) is 18.6 Å². The molecule has 7 heteroatoms. The molecular formula is C26H34N6O. The number of aryl methyl sites for hydroxylation is 1. The van der Waals surface area contributed by atoms with Crippen molar-refractivity contribution >= 4 is 16.9 Å². The highest BCUT2D eigenvalue weighted by atomic mass is 16.1. The van der Waals surface area contributed by atoms with E-state index in [1.54, 1.807) is 18.2 Å².